The number of aliphatic hydroxyl groups is 1. The molecule has 3 aromatic rings. The number of hydrogen-bond donors (Lipinski definition) is 1. The van der Waals surface area contributed by atoms with Gasteiger partial charge in [-0.1, -0.05) is 19.9 Å². The molecule has 0 aliphatic carbocycles. The van der Waals surface area contributed by atoms with Crippen LogP contribution in [-0.2, 0) is 16.1 Å². The largest absolute Gasteiger partial charge is 0.507 e. The van der Waals surface area contributed by atoms with E-state index in [0.29, 0.717) is 29.4 Å². The van der Waals surface area contributed by atoms with Crippen LogP contribution in [0.25, 0.3) is 5.76 Å². The van der Waals surface area contributed by atoms with Gasteiger partial charge in [-0.3, -0.25) is 19.6 Å². The standard InChI is InChI=1S/C26H25N3O4/c1-17(2)16-33-21-7-5-20(6-8-21)24(30)22-23(19-9-12-27-13-10-19)29(26(32)25(22)31)15-18-4-3-11-28-14-18/h3-14,17,23,30H,15-16H2,1-2H3/b24-22+/t23-/m0/s1. The number of aromatic nitrogens is 2. The van der Waals surface area contributed by atoms with Crippen LogP contribution in [0, 0.1) is 5.92 Å². The lowest BCUT2D eigenvalue weighted by molar-refractivity contribution is -0.140. The number of rotatable bonds is 7. The van der Waals surface area contributed by atoms with Crippen LogP contribution in [0.1, 0.15) is 36.6 Å². The first-order valence-corrected chi connectivity index (χ1v) is 10.8. The van der Waals surface area contributed by atoms with E-state index in [-0.39, 0.29) is 17.9 Å². The number of amides is 1. The molecule has 2 aromatic heterocycles. The van der Waals surface area contributed by atoms with Crippen LogP contribution in [0.2, 0.25) is 0 Å². The lowest BCUT2D eigenvalue weighted by atomic mass is 9.96. The normalized spacial score (nSPS) is 17.5. The number of benzene rings is 1. The van der Waals surface area contributed by atoms with E-state index in [1.165, 1.54) is 4.90 Å². The summed E-state index contributed by atoms with van der Waals surface area (Å²) in [5, 5.41) is 11.1. The molecule has 1 atom stereocenters. The Labute approximate surface area is 192 Å². The van der Waals surface area contributed by atoms with Crippen molar-refractivity contribution in [1.29, 1.82) is 0 Å². The van der Waals surface area contributed by atoms with Gasteiger partial charge in [0.15, 0.2) is 0 Å². The van der Waals surface area contributed by atoms with E-state index in [1.54, 1.807) is 67.3 Å². The molecule has 1 fully saturated rings. The van der Waals surface area contributed by atoms with Crippen molar-refractivity contribution >= 4 is 17.4 Å². The van der Waals surface area contributed by atoms with E-state index in [2.05, 4.69) is 23.8 Å². The SMILES string of the molecule is CC(C)COc1ccc(/C(O)=C2\C(=O)C(=O)N(Cc3cccnc3)[C@H]2c2ccncc2)cc1. The third kappa shape index (κ3) is 4.77. The average molecular weight is 444 g/mol. The number of Topliss-reactive ketones (excluding diaryl/α,β-unsaturated/α-hetero) is 1. The maximum Gasteiger partial charge on any atom is 0.295 e. The molecule has 168 valence electrons. The number of pyridine rings is 2. The molecule has 0 unspecified atom stereocenters. The molecule has 7 nitrogen and oxygen atoms in total. The molecule has 1 amide bonds. The average Bonchev–Trinajstić information content (AvgIpc) is 3.09. The van der Waals surface area contributed by atoms with E-state index in [9.17, 15) is 14.7 Å². The molecule has 1 saturated heterocycles. The summed E-state index contributed by atoms with van der Waals surface area (Å²) in [6.07, 6.45) is 6.49. The highest BCUT2D eigenvalue weighted by Gasteiger charge is 2.46. The van der Waals surface area contributed by atoms with Gasteiger partial charge in [-0.25, -0.2) is 0 Å². The van der Waals surface area contributed by atoms with E-state index in [0.717, 1.165) is 5.56 Å². The summed E-state index contributed by atoms with van der Waals surface area (Å²) in [6.45, 7) is 4.88. The van der Waals surface area contributed by atoms with Crippen molar-refractivity contribution in [3.05, 3.63) is 95.6 Å². The molecule has 33 heavy (non-hydrogen) atoms. The number of nitrogens with zero attached hydrogens (tertiary/aromatic N) is 3. The minimum absolute atomic E-state index is 0.0472. The van der Waals surface area contributed by atoms with Crippen molar-refractivity contribution in [2.75, 3.05) is 6.61 Å². The van der Waals surface area contributed by atoms with Crippen LogP contribution in [-0.4, -0.2) is 38.3 Å². The highest BCUT2D eigenvalue weighted by atomic mass is 16.5. The number of aliphatic hydroxyl groups excluding tert-OH is 1. The van der Waals surface area contributed by atoms with E-state index in [4.69, 9.17) is 4.74 Å². The van der Waals surface area contributed by atoms with Crippen LogP contribution < -0.4 is 4.74 Å². The molecular weight excluding hydrogens is 418 g/mol. The van der Waals surface area contributed by atoms with E-state index >= 15 is 0 Å². The van der Waals surface area contributed by atoms with Crippen molar-refractivity contribution in [3.63, 3.8) is 0 Å². The van der Waals surface area contributed by atoms with E-state index in [1.807, 2.05) is 6.07 Å². The van der Waals surface area contributed by atoms with Crippen LogP contribution in [0.15, 0.2) is 78.9 Å². The zero-order valence-electron chi connectivity index (χ0n) is 18.5. The monoisotopic (exact) mass is 443 g/mol. The second-order valence-electron chi connectivity index (χ2n) is 8.30. The molecule has 1 aromatic carbocycles. The number of ether oxygens (including phenoxy) is 1. The molecule has 0 bridgehead atoms. The van der Waals surface area contributed by atoms with Gasteiger partial charge in [0, 0.05) is 36.9 Å². The smallest absolute Gasteiger partial charge is 0.295 e. The van der Waals surface area contributed by atoms with Gasteiger partial charge in [0.25, 0.3) is 11.7 Å². The molecule has 1 aliphatic heterocycles. The van der Waals surface area contributed by atoms with Gasteiger partial charge in [-0.15, -0.1) is 0 Å². The maximum absolute atomic E-state index is 13.1. The van der Waals surface area contributed by atoms with Crippen LogP contribution >= 0.6 is 0 Å². The summed E-state index contributed by atoms with van der Waals surface area (Å²) in [7, 11) is 0. The maximum atomic E-state index is 13.1. The van der Waals surface area contributed by atoms with Gasteiger partial charge in [-0.05, 0) is 59.5 Å². The van der Waals surface area contributed by atoms with Gasteiger partial charge in [0.2, 0.25) is 0 Å². The molecule has 4 rings (SSSR count). The molecule has 0 radical (unpaired) electrons. The van der Waals surface area contributed by atoms with Gasteiger partial charge < -0.3 is 14.7 Å². The Kier molecular flexibility index (Phi) is 6.49. The fraction of sp³-hybridized carbons (Fsp3) is 0.231. The summed E-state index contributed by atoms with van der Waals surface area (Å²) in [4.78, 5) is 35.7. The van der Waals surface area contributed by atoms with Gasteiger partial charge in [0.05, 0.1) is 18.2 Å². The summed E-state index contributed by atoms with van der Waals surface area (Å²) in [5.41, 5.74) is 1.95. The number of carbonyl (C=O) groups excluding carboxylic acids is 2. The Bertz CT molecular complexity index is 1160. The first kappa shape index (κ1) is 22.2. The Morgan fingerprint density at radius 2 is 1.76 bits per heavy atom. The van der Waals surface area contributed by atoms with Crippen LogP contribution in [0.5, 0.6) is 5.75 Å². The number of likely N-dealkylation sites (tertiary alicyclic amines) is 1. The third-order valence-electron chi connectivity index (χ3n) is 5.35. The summed E-state index contributed by atoms with van der Waals surface area (Å²) in [5.74, 6) is -0.561. The fourth-order valence-corrected chi connectivity index (χ4v) is 3.75. The Hall–Kier alpha value is -4.00. The Morgan fingerprint density at radius 1 is 1.03 bits per heavy atom. The lowest BCUT2D eigenvalue weighted by Gasteiger charge is -2.25. The fourth-order valence-electron chi connectivity index (χ4n) is 3.75. The van der Waals surface area contributed by atoms with Crippen molar-refractivity contribution in [2.45, 2.75) is 26.4 Å². The zero-order chi connectivity index (χ0) is 23.4. The van der Waals surface area contributed by atoms with Crippen molar-refractivity contribution in [2.24, 2.45) is 5.92 Å². The first-order chi connectivity index (χ1) is 16.0. The zero-order valence-corrected chi connectivity index (χ0v) is 18.5. The molecule has 7 heteroatoms. The third-order valence-corrected chi connectivity index (χ3v) is 5.35. The predicted octanol–water partition coefficient (Wildman–Crippen LogP) is 4.13. The molecule has 1 aliphatic rings. The predicted molar refractivity (Wildman–Crippen MR) is 123 cm³/mol. The number of hydrogen-bond acceptors (Lipinski definition) is 6. The summed E-state index contributed by atoms with van der Waals surface area (Å²) >= 11 is 0. The molecule has 1 N–H and O–H groups in total. The second kappa shape index (κ2) is 9.65. The molecule has 0 spiro atoms. The van der Waals surface area contributed by atoms with Crippen molar-refractivity contribution < 1.29 is 19.4 Å². The minimum atomic E-state index is -0.745. The highest BCUT2D eigenvalue weighted by Crippen LogP contribution is 2.40. The van der Waals surface area contributed by atoms with E-state index < -0.39 is 17.7 Å². The highest BCUT2D eigenvalue weighted by molar-refractivity contribution is 6.46. The molecule has 0 saturated carbocycles. The first-order valence-electron chi connectivity index (χ1n) is 10.8. The van der Waals surface area contributed by atoms with Crippen LogP contribution in [0.4, 0.5) is 0 Å². The van der Waals surface area contributed by atoms with Crippen LogP contribution in [0.3, 0.4) is 0 Å². The van der Waals surface area contributed by atoms with Gasteiger partial charge >= 0.3 is 0 Å². The minimum Gasteiger partial charge on any atom is -0.507 e. The lowest BCUT2D eigenvalue weighted by Crippen LogP contribution is -2.29. The Morgan fingerprint density at radius 3 is 2.39 bits per heavy atom. The number of carbonyl (C=O) groups is 2. The van der Waals surface area contributed by atoms with Gasteiger partial charge in [-0.2, -0.15) is 0 Å². The van der Waals surface area contributed by atoms with Gasteiger partial charge in [0.1, 0.15) is 11.5 Å². The van der Waals surface area contributed by atoms with Crippen molar-refractivity contribution in [3.8, 4) is 5.75 Å². The second-order valence-corrected chi connectivity index (χ2v) is 8.30. The summed E-state index contributed by atoms with van der Waals surface area (Å²) < 4.78 is 5.70. The summed E-state index contributed by atoms with van der Waals surface area (Å²) in [6, 6.07) is 13.2. The quantitative estimate of drug-likeness (QED) is 0.335. The Balaban J connectivity index is 1.74. The molecule has 3 heterocycles. The van der Waals surface area contributed by atoms with Crippen molar-refractivity contribution in [1.82, 2.24) is 14.9 Å². The molecular formula is C26H25N3O4. The topological polar surface area (TPSA) is 92.6 Å². The number of ketones is 1.